The number of amides is 1. The number of likely N-dealkylation sites (N-methyl/N-ethyl adjacent to an activating group) is 2. The number of nitrogens with zero attached hydrogens (tertiary/aromatic N) is 1. The van der Waals surface area contributed by atoms with Gasteiger partial charge in [-0.15, -0.1) is 0 Å². The van der Waals surface area contributed by atoms with Gasteiger partial charge in [-0.3, -0.25) is 9.69 Å². The molecule has 1 rings (SSSR count). The van der Waals surface area contributed by atoms with Crippen molar-refractivity contribution < 1.29 is 9.53 Å². The molecule has 0 aliphatic carbocycles. The fraction of sp³-hybridized carbons (Fsp3) is 0.400. The van der Waals surface area contributed by atoms with E-state index in [1.54, 1.807) is 14.2 Å². The molecule has 0 spiro atoms. The zero-order valence-corrected chi connectivity index (χ0v) is 12.2. The highest BCUT2D eigenvalue weighted by Gasteiger charge is 2.09. The van der Waals surface area contributed by atoms with Crippen LogP contribution < -0.4 is 15.8 Å². The Bertz CT molecular complexity index is 518. The average molecular weight is 275 g/mol. The van der Waals surface area contributed by atoms with Crippen LogP contribution in [0.15, 0.2) is 18.2 Å². The molecule has 0 bridgehead atoms. The fourth-order valence-corrected chi connectivity index (χ4v) is 1.77. The van der Waals surface area contributed by atoms with Gasteiger partial charge in [-0.05, 0) is 30.8 Å². The Labute approximate surface area is 120 Å². The smallest absolute Gasteiger partial charge is 0.233 e. The molecule has 1 aromatic rings. The molecule has 1 amide bonds. The van der Waals surface area contributed by atoms with E-state index in [4.69, 9.17) is 10.5 Å². The van der Waals surface area contributed by atoms with Gasteiger partial charge in [0.2, 0.25) is 5.91 Å². The number of nitrogens with two attached hydrogens (primary N) is 1. The summed E-state index contributed by atoms with van der Waals surface area (Å²) < 4.78 is 5.23. The van der Waals surface area contributed by atoms with Crippen molar-refractivity contribution in [1.29, 1.82) is 0 Å². The van der Waals surface area contributed by atoms with E-state index in [0.717, 1.165) is 16.9 Å². The number of rotatable bonds is 5. The highest BCUT2D eigenvalue weighted by molar-refractivity contribution is 5.77. The minimum atomic E-state index is -0.0232. The molecule has 0 fully saturated rings. The monoisotopic (exact) mass is 275 g/mol. The molecule has 108 valence electrons. The van der Waals surface area contributed by atoms with Crippen LogP contribution in [0.4, 0.5) is 0 Å². The minimum Gasteiger partial charge on any atom is -0.497 e. The standard InChI is InChI=1S/C15H21N3O2/c1-17-15(19)11-18(2)10-13-9-14(20-3)7-6-12(13)5-4-8-16/h6-7,9H,8,10-11,16H2,1-3H3,(H,17,19). The van der Waals surface area contributed by atoms with Gasteiger partial charge in [0.1, 0.15) is 5.75 Å². The van der Waals surface area contributed by atoms with E-state index in [0.29, 0.717) is 19.6 Å². The van der Waals surface area contributed by atoms with Crippen LogP contribution in [0.25, 0.3) is 0 Å². The largest absolute Gasteiger partial charge is 0.497 e. The Hall–Kier alpha value is -2.03. The van der Waals surface area contributed by atoms with Gasteiger partial charge in [0.25, 0.3) is 0 Å². The summed E-state index contributed by atoms with van der Waals surface area (Å²) >= 11 is 0. The second kappa shape index (κ2) is 8.20. The number of ether oxygens (including phenoxy) is 1. The third-order valence-corrected chi connectivity index (χ3v) is 2.77. The van der Waals surface area contributed by atoms with Gasteiger partial charge in [0.15, 0.2) is 0 Å². The Morgan fingerprint density at radius 1 is 1.50 bits per heavy atom. The number of benzene rings is 1. The van der Waals surface area contributed by atoms with E-state index < -0.39 is 0 Å². The maximum atomic E-state index is 11.4. The van der Waals surface area contributed by atoms with E-state index in [2.05, 4.69) is 17.2 Å². The predicted octanol–water partition coefficient (Wildman–Crippen LogP) is 0.183. The summed E-state index contributed by atoms with van der Waals surface area (Å²) in [6.45, 7) is 1.26. The van der Waals surface area contributed by atoms with Crippen molar-refractivity contribution in [3.05, 3.63) is 29.3 Å². The molecule has 0 saturated carbocycles. The molecular weight excluding hydrogens is 254 g/mol. The summed E-state index contributed by atoms with van der Waals surface area (Å²) in [6, 6.07) is 5.70. The van der Waals surface area contributed by atoms with Crippen molar-refractivity contribution in [3.8, 4) is 17.6 Å². The third-order valence-electron chi connectivity index (χ3n) is 2.77. The molecule has 0 aliphatic heterocycles. The van der Waals surface area contributed by atoms with Gasteiger partial charge in [-0.1, -0.05) is 11.8 Å². The molecule has 1 aromatic carbocycles. The van der Waals surface area contributed by atoms with Crippen LogP contribution in [0, 0.1) is 11.8 Å². The highest BCUT2D eigenvalue weighted by Crippen LogP contribution is 2.18. The van der Waals surface area contributed by atoms with Crippen molar-refractivity contribution in [2.75, 3.05) is 34.3 Å². The predicted molar refractivity (Wildman–Crippen MR) is 79.3 cm³/mol. The summed E-state index contributed by atoms with van der Waals surface area (Å²) in [5.74, 6) is 6.63. The van der Waals surface area contributed by atoms with Crippen molar-refractivity contribution in [3.63, 3.8) is 0 Å². The quantitative estimate of drug-likeness (QED) is 0.753. The van der Waals surface area contributed by atoms with Crippen molar-refractivity contribution >= 4 is 5.91 Å². The lowest BCUT2D eigenvalue weighted by molar-refractivity contribution is -0.121. The SMILES string of the molecule is CNC(=O)CN(C)Cc1cc(OC)ccc1C#CCN. The summed E-state index contributed by atoms with van der Waals surface area (Å²) in [4.78, 5) is 13.3. The fourth-order valence-electron chi connectivity index (χ4n) is 1.77. The zero-order valence-electron chi connectivity index (χ0n) is 12.2. The van der Waals surface area contributed by atoms with Crippen LogP contribution in [0.2, 0.25) is 0 Å². The third kappa shape index (κ3) is 4.92. The first-order valence-corrected chi connectivity index (χ1v) is 6.35. The summed E-state index contributed by atoms with van der Waals surface area (Å²) in [6.07, 6.45) is 0. The zero-order chi connectivity index (χ0) is 15.0. The number of carbonyl (C=O) groups is 1. The van der Waals surface area contributed by atoms with Gasteiger partial charge in [-0.2, -0.15) is 0 Å². The molecular formula is C15H21N3O2. The Balaban J connectivity index is 2.92. The van der Waals surface area contributed by atoms with Crippen LogP contribution in [0.5, 0.6) is 5.75 Å². The van der Waals surface area contributed by atoms with Crippen molar-refractivity contribution in [2.24, 2.45) is 5.73 Å². The topological polar surface area (TPSA) is 67.6 Å². The van der Waals surface area contributed by atoms with Crippen molar-refractivity contribution in [2.45, 2.75) is 6.54 Å². The van der Waals surface area contributed by atoms with E-state index in [1.807, 2.05) is 30.1 Å². The molecule has 0 heterocycles. The number of hydrogen-bond donors (Lipinski definition) is 2. The Morgan fingerprint density at radius 2 is 2.25 bits per heavy atom. The molecule has 5 nitrogen and oxygen atoms in total. The second-order valence-corrected chi connectivity index (χ2v) is 4.37. The van der Waals surface area contributed by atoms with E-state index in [-0.39, 0.29) is 5.91 Å². The highest BCUT2D eigenvalue weighted by atomic mass is 16.5. The number of hydrogen-bond acceptors (Lipinski definition) is 4. The minimum absolute atomic E-state index is 0.0232. The van der Waals surface area contributed by atoms with Gasteiger partial charge in [0, 0.05) is 19.2 Å². The lowest BCUT2D eigenvalue weighted by atomic mass is 10.1. The Morgan fingerprint density at radius 3 is 2.85 bits per heavy atom. The molecule has 0 aliphatic rings. The first-order valence-electron chi connectivity index (χ1n) is 6.35. The Kier molecular flexibility index (Phi) is 6.57. The summed E-state index contributed by atoms with van der Waals surface area (Å²) in [7, 11) is 5.13. The number of nitrogens with one attached hydrogen (secondary N) is 1. The van der Waals surface area contributed by atoms with E-state index in [1.165, 1.54) is 0 Å². The first kappa shape index (κ1) is 16.0. The van der Waals surface area contributed by atoms with Crippen LogP contribution in [0.3, 0.4) is 0 Å². The molecule has 5 heteroatoms. The molecule has 0 radical (unpaired) electrons. The summed E-state index contributed by atoms with van der Waals surface area (Å²) in [5, 5.41) is 2.60. The number of carbonyl (C=O) groups excluding carboxylic acids is 1. The average Bonchev–Trinajstić information content (AvgIpc) is 2.45. The van der Waals surface area contributed by atoms with Crippen LogP contribution in [0.1, 0.15) is 11.1 Å². The van der Waals surface area contributed by atoms with Gasteiger partial charge in [0.05, 0.1) is 20.2 Å². The molecule has 0 atom stereocenters. The van der Waals surface area contributed by atoms with E-state index >= 15 is 0 Å². The van der Waals surface area contributed by atoms with Crippen LogP contribution in [-0.4, -0.2) is 45.1 Å². The second-order valence-electron chi connectivity index (χ2n) is 4.37. The van der Waals surface area contributed by atoms with Crippen molar-refractivity contribution in [1.82, 2.24) is 10.2 Å². The molecule has 0 aromatic heterocycles. The first-order chi connectivity index (χ1) is 9.60. The van der Waals surface area contributed by atoms with E-state index in [9.17, 15) is 4.79 Å². The molecule has 20 heavy (non-hydrogen) atoms. The number of methoxy groups -OCH3 is 1. The van der Waals surface area contributed by atoms with Crippen LogP contribution >= 0.6 is 0 Å². The lowest BCUT2D eigenvalue weighted by Gasteiger charge is -2.17. The normalized spacial score (nSPS) is 9.85. The maximum Gasteiger partial charge on any atom is 0.233 e. The maximum absolute atomic E-state index is 11.4. The summed E-state index contributed by atoms with van der Waals surface area (Å²) in [5.41, 5.74) is 7.32. The van der Waals surface area contributed by atoms with Gasteiger partial charge < -0.3 is 15.8 Å². The molecule has 0 unspecified atom stereocenters. The lowest BCUT2D eigenvalue weighted by Crippen LogP contribution is -2.32. The van der Waals surface area contributed by atoms with Gasteiger partial charge >= 0.3 is 0 Å². The molecule has 0 saturated heterocycles. The molecule has 3 N–H and O–H groups in total. The van der Waals surface area contributed by atoms with Crippen LogP contribution in [-0.2, 0) is 11.3 Å². The van der Waals surface area contributed by atoms with Gasteiger partial charge in [-0.25, -0.2) is 0 Å².